The second kappa shape index (κ2) is 3.63. The predicted molar refractivity (Wildman–Crippen MR) is 46.4 cm³/mol. The van der Waals surface area contributed by atoms with Crippen molar-refractivity contribution in [2.45, 2.75) is 20.0 Å². The normalized spacial score (nSPS) is 10.3. The van der Waals surface area contributed by atoms with Crippen LogP contribution in [0.25, 0.3) is 0 Å². The molecule has 0 aromatic carbocycles. The van der Waals surface area contributed by atoms with E-state index in [0.29, 0.717) is 10.7 Å². The van der Waals surface area contributed by atoms with Crippen LogP contribution < -0.4 is 0 Å². The Morgan fingerprint density at radius 1 is 1.67 bits per heavy atom. The van der Waals surface area contributed by atoms with Crippen LogP contribution in [0, 0.1) is 0 Å². The first-order chi connectivity index (χ1) is 5.59. The number of carbonyl (C=O) groups excluding carboxylic acids is 1. The molecule has 0 bridgehead atoms. The minimum atomic E-state index is -0.378. The van der Waals surface area contributed by atoms with Crippen LogP contribution in [0.2, 0.25) is 5.02 Å². The third kappa shape index (κ3) is 2.27. The highest BCUT2D eigenvalue weighted by atomic mass is 35.5. The number of ether oxygens (including phenoxy) is 1. The summed E-state index contributed by atoms with van der Waals surface area (Å²) in [5.74, 6) is -0.378. The van der Waals surface area contributed by atoms with Gasteiger partial charge in [0.2, 0.25) is 0 Å². The number of hydrogen-bond acceptors (Lipinski definition) is 2. The number of hydrogen-bond donors (Lipinski definition) is 1. The van der Waals surface area contributed by atoms with Crippen LogP contribution >= 0.6 is 11.6 Å². The Kier molecular flexibility index (Phi) is 2.76. The number of carbonyl (C=O) groups is 1. The molecular weight excluding hydrogens is 178 g/mol. The topological polar surface area (TPSA) is 42.1 Å². The van der Waals surface area contributed by atoms with Crippen molar-refractivity contribution in [1.29, 1.82) is 0 Å². The lowest BCUT2D eigenvalue weighted by molar-refractivity contribution is 0.0371. The molecule has 3 nitrogen and oxygen atoms in total. The molecule has 0 spiro atoms. The van der Waals surface area contributed by atoms with Crippen molar-refractivity contribution in [3.8, 4) is 0 Å². The van der Waals surface area contributed by atoms with Crippen molar-refractivity contribution in [3.63, 3.8) is 0 Å². The Hall–Kier alpha value is -0.960. The lowest BCUT2D eigenvalue weighted by Crippen LogP contribution is -2.11. The molecule has 0 unspecified atom stereocenters. The smallest absolute Gasteiger partial charge is 0.355 e. The minimum absolute atomic E-state index is 0.112. The molecule has 12 heavy (non-hydrogen) atoms. The van der Waals surface area contributed by atoms with Crippen molar-refractivity contribution in [2.75, 3.05) is 0 Å². The fourth-order valence-corrected chi connectivity index (χ4v) is 0.927. The molecule has 0 aliphatic heterocycles. The molecule has 0 radical (unpaired) electrons. The lowest BCUT2D eigenvalue weighted by Gasteiger charge is -2.05. The summed E-state index contributed by atoms with van der Waals surface area (Å²) in [5.41, 5.74) is 0.383. The summed E-state index contributed by atoms with van der Waals surface area (Å²) in [6, 6.07) is 1.53. The monoisotopic (exact) mass is 187 g/mol. The molecular formula is C8H10ClNO2. The SMILES string of the molecule is CC(C)OC(=O)c1cc(Cl)c[nH]1. The molecule has 1 aromatic rings. The summed E-state index contributed by atoms with van der Waals surface area (Å²) in [4.78, 5) is 13.9. The first-order valence-electron chi connectivity index (χ1n) is 3.64. The number of aromatic nitrogens is 1. The number of rotatable bonds is 2. The van der Waals surface area contributed by atoms with Gasteiger partial charge < -0.3 is 9.72 Å². The van der Waals surface area contributed by atoms with E-state index >= 15 is 0 Å². The highest BCUT2D eigenvalue weighted by Crippen LogP contribution is 2.10. The Morgan fingerprint density at radius 2 is 2.33 bits per heavy atom. The van der Waals surface area contributed by atoms with E-state index in [9.17, 15) is 4.79 Å². The van der Waals surface area contributed by atoms with E-state index < -0.39 is 0 Å². The highest BCUT2D eigenvalue weighted by molar-refractivity contribution is 6.30. The molecule has 0 aliphatic carbocycles. The molecule has 0 amide bonds. The summed E-state index contributed by atoms with van der Waals surface area (Å²) in [7, 11) is 0. The fraction of sp³-hybridized carbons (Fsp3) is 0.375. The van der Waals surface area contributed by atoms with Gasteiger partial charge in [0.05, 0.1) is 11.1 Å². The average molecular weight is 188 g/mol. The van der Waals surface area contributed by atoms with Crippen LogP contribution in [0.3, 0.4) is 0 Å². The van der Waals surface area contributed by atoms with Crippen LogP contribution in [-0.4, -0.2) is 17.1 Å². The maximum Gasteiger partial charge on any atom is 0.355 e. The van der Waals surface area contributed by atoms with Crippen LogP contribution in [0.4, 0.5) is 0 Å². The zero-order valence-corrected chi connectivity index (χ0v) is 7.68. The van der Waals surface area contributed by atoms with Gasteiger partial charge in [0.1, 0.15) is 5.69 Å². The zero-order valence-electron chi connectivity index (χ0n) is 6.93. The first kappa shape index (κ1) is 9.13. The third-order valence-corrected chi connectivity index (χ3v) is 1.43. The van der Waals surface area contributed by atoms with Gasteiger partial charge in [0.25, 0.3) is 0 Å². The second-order valence-corrected chi connectivity index (χ2v) is 3.12. The van der Waals surface area contributed by atoms with Crippen molar-refractivity contribution in [1.82, 2.24) is 4.98 Å². The number of halogens is 1. The van der Waals surface area contributed by atoms with Crippen LogP contribution in [0.5, 0.6) is 0 Å². The van der Waals surface area contributed by atoms with Gasteiger partial charge in [-0.25, -0.2) is 4.79 Å². The van der Waals surface area contributed by atoms with Crippen LogP contribution in [-0.2, 0) is 4.74 Å². The van der Waals surface area contributed by atoms with Crippen molar-refractivity contribution in [3.05, 3.63) is 23.0 Å². The molecule has 4 heteroatoms. The van der Waals surface area contributed by atoms with E-state index in [1.807, 2.05) is 0 Å². The first-order valence-corrected chi connectivity index (χ1v) is 4.02. The number of aromatic amines is 1. The van der Waals surface area contributed by atoms with E-state index in [4.69, 9.17) is 16.3 Å². The Labute approximate surface area is 75.7 Å². The summed E-state index contributed by atoms with van der Waals surface area (Å²) >= 11 is 5.60. The molecule has 0 atom stereocenters. The molecule has 0 aliphatic rings. The number of esters is 1. The van der Waals surface area contributed by atoms with Gasteiger partial charge in [0.15, 0.2) is 0 Å². The molecule has 1 rings (SSSR count). The molecule has 0 fully saturated rings. The molecule has 1 heterocycles. The maximum atomic E-state index is 11.2. The Morgan fingerprint density at radius 3 is 2.75 bits per heavy atom. The van der Waals surface area contributed by atoms with E-state index in [2.05, 4.69) is 4.98 Å². The lowest BCUT2D eigenvalue weighted by atomic mass is 10.4. The van der Waals surface area contributed by atoms with Crippen molar-refractivity contribution in [2.24, 2.45) is 0 Å². The fourth-order valence-electron chi connectivity index (χ4n) is 0.763. The molecule has 0 saturated heterocycles. The van der Waals surface area contributed by atoms with Crippen LogP contribution in [0.1, 0.15) is 24.3 Å². The number of nitrogens with one attached hydrogen (secondary N) is 1. The average Bonchev–Trinajstić information content (AvgIpc) is 2.34. The van der Waals surface area contributed by atoms with Gasteiger partial charge in [-0.2, -0.15) is 0 Å². The maximum absolute atomic E-state index is 11.2. The zero-order chi connectivity index (χ0) is 9.14. The van der Waals surface area contributed by atoms with Gasteiger partial charge in [-0.3, -0.25) is 0 Å². The van der Waals surface area contributed by atoms with Gasteiger partial charge >= 0.3 is 5.97 Å². The Balaban J connectivity index is 2.65. The van der Waals surface area contributed by atoms with E-state index in [0.717, 1.165) is 0 Å². The standard InChI is InChI=1S/C8H10ClNO2/c1-5(2)12-8(11)7-3-6(9)4-10-7/h3-5,10H,1-2H3. The van der Waals surface area contributed by atoms with Crippen molar-refractivity contribution >= 4 is 17.6 Å². The molecule has 1 N–H and O–H groups in total. The largest absolute Gasteiger partial charge is 0.458 e. The van der Waals surface area contributed by atoms with E-state index in [1.54, 1.807) is 20.0 Å². The number of H-pyrrole nitrogens is 1. The van der Waals surface area contributed by atoms with Crippen molar-refractivity contribution < 1.29 is 9.53 Å². The third-order valence-electron chi connectivity index (χ3n) is 1.21. The summed E-state index contributed by atoms with van der Waals surface area (Å²) in [6.45, 7) is 3.59. The van der Waals surface area contributed by atoms with Gasteiger partial charge in [-0.05, 0) is 19.9 Å². The van der Waals surface area contributed by atoms with Crippen LogP contribution in [0.15, 0.2) is 12.3 Å². The van der Waals surface area contributed by atoms with Gasteiger partial charge in [0, 0.05) is 6.20 Å². The highest BCUT2D eigenvalue weighted by Gasteiger charge is 2.10. The predicted octanol–water partition coefficient (Wildman–Crippen LogP) is 2.23. The second-order valence-electron chi connectivity index (χ2n) is 2.69. The summed E-state index contributed by atoms with van der Waals surface area (Å²) in [6.07, 6.45) is 1.43. The van der Waals surface area contributed by atoms with E-state index in [-0.39, 0.29) is 12.1 Å². The molecule has 1 aromatic heterocycles. The van der Waals surface area contributed by atoms with Gasteiger partial charge in [-0.15, -0.1) is 0 Å². The van der Waals surface area contributed by atoms with Gasteiger partial charge in [-0.1, -0.05) is 11.6 Å². The molecule has 0 saturated carbocycles. The quantitative estimate of drug-likeness (QED) is 0.722. The summed E-state index contributed by atoms with van der Waals surface area (Å²) < 4.78 is 4.92. The Bertz CT molecular complexity index is 280. The minimum Gasteiger partial charge on any atom is -0.458 e. The van der Waals surface area contributed by atoms with E-state index in [1.165, 1.54) is 6.07 Å². The molecule has 66 valence electrons. The summed E-state index contributed by atoms with van der Waals surface area (Å²) in [5, 5.41) is 0.505.